The van der Waals surface area contributed by atoms with E-state index in [9.17, 15) is 4.79 Å². The fourth-order valence-corrected chi connectivity index (χ4v) is 4.53. The zero-order valence-corrected chi connectivity index (χ0v) is 20.3. The molecule has 0 aromatic heterocycles. The van der Waals surface area contributed by atoms with Crippen LogP contribution in [-0.2, 0) is 0 Å². The molecule has 1 N–H and O–H groups in total. The summed E-state index contributed by atoms with van der Waals surface area (Å²) in [7, 11) is 3.59. The van der Waals surface area contributed by atoms with E-state index < -0.39 is 0 Å². The Labute approximate surface area is 189 Å². The van der Waals surface area contributed by atoms with E-state index in [2.05, 4.69) is 70.4 Å². The van der Waals surface area contributed by atoms with Crippen LogP contribution in [0.4, 0.5) is 0 Å². The molecule has 0 aliphatic carbocycles. The third-order valence-electron chi connectivity index (χ3n) is 5.70. The Morgan fingerprint density at radius 1 is 1.27 bits per heavy atom. The average molecular weight is 470 g/mol. The summed E-state index contributed by atoms with van der Waals surface area (Å²) in [6, 6.07) is 6.21. The van der Waals surface area contributed by atoms with Gasteiger partial charge in [0.1, 0.15) is 0 Å². The van der Waals surface area contributed by atoms with Crippen LogP contribution in [0.15, 0.2) is 57.8 Å². The average Bonchev–Trinajstić information content (AvgIpc) is 2.71. The summed E-state index contributed by atoms with van der Waals surface area (Å²) in [5.41, 5.74) is 8.25. The molecule has 0 unspecified atom stereocenters. The van der Waals surface area contributed by atoms with Gasteiger partial charge < -0.3 is 10.2 Å². The highest BCUT2D eigenvalue weighted by Crippen LogP contribution is 2.27. The van der Waals surface area contributed by atoms with Crippen molar-refractivity contribution < 1.29 is 4.79 Å². The number of nitrogens with one attached hydrogen (secondary N) is 1. The van der Waals surface area contributed by atoms with Gasteiger partial charge in [-0.1, -0.05) is 51.9 Å². The van der Waals surface area contributed by atoms with Gasteiger partial charge in [0.15, 0.2) is 0 Å². The van der Waals surface area contributed by atoms with Gasteiger partial charge in [-0.15, -0.1) is 0 Å². The SMILES string of the molecule is CC1=C(/C=C(\C)CN2CC=C(c3ccc(C(=O)N(C)C)c(C)c3)CC2)C(Br)=CCN1. The van der Waals surface area contributed by atoms with Gasteiger partial charge in [-0.2, -0.15) is 0 Å². The first-order valence-corrected chi connectivity index (χ1v) is 11.3. The summed E-state index contributed by atoms with van der Waals surface area (Å²) >= 11 is 3.68. The normalized spacial score (nSPS) is 18.0. The maximum absolute atomic E-state index is 12.3. The van der Waals surface area contributed by atoms with Crippen molar-refractivity contribution in [1.29, 1.82) is 0 Å². The van der Waals surface area contributed by atoms with E-state index in [-0.39, 0.29) is 5.91 Å². The van der Waals surface area contributed by atoms with Crippen LogP contribution < -0.4 is 5.32 Å². The fourth-order valence-electron chi connectivity index (χ4n) is 3.96. The van der Waals surface area contributed by atoms with Crippen LogP contribution in [0.2, 0.25) is 0 Å². The van der Waals surface area contributed by atoms with E-state index in [4.69, 9.17) is 0 Å². The molecule has 0 saturated carbocycles. The van der Waals surface area contributed by atoms with Gasteiger partial charge >= 0.3 is 0 Å². The van der Waals surface area contributed by atoms with E-state index in [1.807, 2.05) is 13.0 Å². The van der Waals surface area contributed by atoms with Crippen molar-refractivity contribution >= 4 is 27.4 Å². The Morgan fingerprint density at radius 2 is 2.03 bits per heavy atom. The Morgan fingerprint density at radius 3 is 2.63 bits per heavy atom. The number of amides is 1. The number of aryl methyl sites for hydroxylation is 1. The smallest absolute Gasteiger partial charge is 0.253 e. The second-order valence-corrected chi connectivity index (χ2v) is 9.26. The lowest BCUT2D eigenvalue weighted by atomic mass is 9.95. The minimum absolute atomic E-state index is 0.0603. The highest BCUT2D eigenvalue weighted by atomic mass is 79.9. The number of halogens is 1. The van der Waals surface area contributed by atoms with Crippen molar-refractivity contribution in [2.24, 2.45) is 0 Å². The largest absolute Gasteiger partial charge is 0.385 e. The second-order valence-electron chi connectivity index (χ2n) is 8.41. The molecular weight excluding hydrogens is 438 g/mol. The molecule has 0 saturated heterocycles. The number of nitrogens with zero attached hydrogens (tertiary/aromatic N) is 2. The Balaban J connectivity index is 1.65. The number of dihydropyridines is 1. The second kappa shape index (κ2) is 9.80. The zero-order valence-electron chi connectivity index (χ0n) is 18.7. The fraction of sp³-hybridized carbons (Fsp3) is 0.400. The molecule has 2 aliphatic heterocycles. The predicted molar refractivity (Wildman–Crippen MR) is 130 cm³/mol. The zero-order chi connectivity index (χ0) is 21.8. The summed E-state index contributed by atoms with van der Waals surface area (Å²) in [5.74, 6) is 0.0603. The quantitative estimate of drug-likeness (QED) is 0.666. The summed E-state index contributed by atoms with van der Waals surface area (Å²) in [6.07, 6.45) is 7.81. The topological polar surface area (TPSA) is 35.6 Å². The molecular formula is C25H32BrN3O. The van der Waals surface area contributed by atoms with Crippen molar-refractivity contribution in [3.05, 3.63) is 74.4 Å². The Hall–Kier alpha value is -2.11. The van der Waals surface area contributed by atoms with Crippen LogP contribution in [-0.4, -0.2) is 56.0 Å². The highest BCUT2D eigenvalue weighted by molar-refractivity contribution is 9.12. The number of benzene rings is 1. The lowest BCUT2D eigenvalue weighted by Crippen LogP contribution is -2.30. The van der Waals surface area contributed by atoms with Crippen LogP contribution in [0.5, 0.6) is 0 Å². The number of carbonyl (C=O) groups excluding carboxylic acids is 1. The molecule has 0 atom stereocenters. The molecule has 1 amide bonds. The highest BCUT2D eigenvalue weighted by Gasteiger charge is 2.17. The minimum atomic E-state index is 0.0603. The van der Waals surface area contributed by atoms with Crippen molar-refractivity contribution in [3.63, 3.8) is 0 Å². The predicted octanol–water partition coefficient (Wildman–Crippen LogP) is 4.89. The minimum Gasteiger partial charge on any atom is -0.385 e. The number of carbonyl (C=O) groups is 1. The van der Waals surface area contributed by atoms with Crippen molar-refractivity contribution in [3.8, 4) is 0 Å². The first-order valence-electron chi connectivity index (χ1n) is 10.5. The monoisotopic (exact) mass is 469 g/mol. The third-order valence-corrected chi connectivity index (χ3v) is 6.45. The van der Waals surface area contributed by atoms with E-state index in [0.717, 1.165) is 43.7 Å². The van der Waals surface area contributed by atoms with Gasteiger partial charge in [-0.25, -0.2) is 0 Å². The van der Waals surface area contributed by atoms with E-state index >= 15 is 0 Å². The van der Waals surface area contributed by atoms with Crippen molar-refractivity contribution in [2.45, 2.75) is 27.2 Å². The molecule has 0 spiro atoms. The first kappa shape index (κ1) is 22.6. The Bertz CT molecular complexity index is 953. The summed E-state index contributed by atoms with van der Waals surface area (Å²) in [6.45, 7) is 10.2. The molecule has 2 heterocycles. The maximum atomic E-state index is 12.3. The molecule has 0 radical (unpaired) electrons. The number of allylic oxidation sites excluding steroid dienone is 4. The van der Waals surface area contributed by atoms with Crippen molar-refractivity contribution in [2.75, 3.05) is 40.3 Å². The maximum Gasteiger partial charge on any atom is 0.253 e. The third kappa shape index (κ3) is 5.32. The summed E-state index contributed by atoms with van der Waals surface area (Å²) < 4.78 is 1.17. The molecule has 160 valence electrons. The van der Waals surface area contributed by atoms with Crippen LogP contribution in [0.3, 0.4) is 0 Å². The van der Waals surface area contributed by atoms with E-state index in [0.29, 0.717) is 0 Å². The molecule has 0 bridgehead atoms. The van der Waals surface area contributed by atoms with Crippen molar-refractivity contribution in [1.82, 2.24) is 15.1 Å². The van der Waals surface area contributed by atoms with Gasteiger partial charge in [0.05, 0.1) is 0 Å². The number of hydrogen-bond donors (Lipinski definition) is 1. The molecule has 3 rings (SSSR count). The molecule has 0 fully saturated rings. The summed E-state index contributed by atoms with van der Waals surface area (Å²) in [4.78, 5) is 16.4. The molecule has 30 heavy (non-hydrogen) atoms. The Kier molecular flexibility index (Phi) is 7.37. The van der Waals surface area contributed by atoms with Gasteiger partial charge in [-0.3, -0.25) is 9.69 Å². The van der Waals surface area contributed by atoms with Crippen LogP contribution in [0, 0.1) is 6.92 Å². The summed E-state index contributed by atoms with van der Waals surface area (Å²) in [5, 5.41) is 3.40. The number of rotatable bonds is 5. The van der Waals surface area contributed by atoms with E-state index in [1.54, 1.807) is 19.0 Å². The molecule has 5 heteroatoms. The van der Waals surface area contributed by atoms with Crippen LogP contribution in [0.25, 0.3) is 5.57 Å². The van der Waals surface area contributed by atoms with Gasteiger partial charge in [0, 0.05) is 61.6 Å². The first-order chi connectivity index (χ1) is 14.3. The molecule has 4 nitrogen and oxygen atoms in total. The van der Waals surface area contributed by atoms with Gasteiger partial charge in [-0.05, 0) is 50.0 Å². The van der Waals surface area contributed by atoms with Crippen LogP contribution >= 0.6 is 15.9 Å². The molecule has 1 aromatic carbocycles. The van der Waals surface area contributed by atoms with Gasteiger partial charge in [0.25, 0.3) is 5.91 Å². The molecule has 2 aliphatic rings. The lowest BCUT2D eigenvalue weighted by Gasteiger charge is -2.27. The van der Waals surface area contributed by atoms with E-state index in [1.165, 1.54) is 32.5 Å². The lowest BCUT2D eigenvalue weighted by molar-refractivity contribution is 0.0827. The van der Waals surface area contributed by atoms with Crippen LogP contribution in [0.1, 0.15) is 41.8 Å². The number of hydrogen-bond acceptors (Lipinski definition) is 3. The standard InChI is InChI=1S/C25H32BrN3O/c1-17(14-23-19(3)27-11-8-24(23)26)16-29-12-9-20(10-13-29)21-6-7-22(18(2)15-21)25(30)28(4)5/h6-9,14-15,27H,10-13,16H2,1-5H3/b17-14+. The molecule has 1 aromatic rings. The van der Waals surface area contributed by atoms with Gasteiger partial charge in [0.2, 0.25) is 0 Å².